The molecule has 0 fully saturated rings. The van der Waals surface area contributed by atoms with E-state index in [0.29, 0.717) is 21.8 Å². The molecule has 0 amide bonds. The first-order valence-corrected chi connectivity index (χ1v) is 6.30. The molecule has 0 aliphatic rings. The van der Waals surface area contributed by atoms with Crippen molar-refractivity contribution in [2.75, 3.05) is 12.3 Å². The van der Waals surface area contributed by atoms with Crippen LogP contribution in [0.4, 0.5) is 5.95 Å². The van der Waals surface area contributed by atoms with Crippen molar-refractivity contribution in [1.82, 2.24) is 19.9 Å². The van der Waals surface area contributed by atoms with E-state index < -0.39 is 0 Å². The molecule has 94 valence electrons. The monoisotopic (exact) mass is 283 g/mol. The number of halogens is 1. The molecule has 8 heteroatoms. The van der Waals surface area contributed by atoms with E-state index in [-0.39, 0.29) is 12.0 Å². The number of nitrogens with zero attached hydrogens (tertiary/aromatic N) is 4. The lowest BCUT2D eigenvalue weighted by atomic mass is 10.5. The molecule has 0 radical (unpaired) electrons. The van der Waals surface area contributed by atoms with Gasteiger partial charge in [-0.05, 0) is 30.8 Å². The third-order valence-corrected chi connectivity index (χ3v) is 2.82. The molecule has 2 aromatic heterocycles. The molecule has 2 aromatic rings. The topological polar surface area (TPSA) is 86.8 Å². The van der Waals surface area contributed by atoms with Gasteiger partial charge in [0.15, 0.2) is 0 Å². The Morgan fingerprint density at radius 1 is 1.33 bits per heavy atom. The molecule has 6 nitrogen and oxygen atoms in total. The first-order valence-electron chi connectivity index (χ1n) is 5.11. The molecule has 0 saturated carbocycles. The molecule has 18 heavy (non-hydrogen) atoms. The molecule has 2 N–H and O–H groups in total. The third-order valence-electron chi connectivity index (χ3n) is 1.78. The van der Waals surface area contributed by atoms with E-state index in [1.54, 1.807) is 18.3 Å². The molecule has 0 aromatic carbocycles. The van der Waals surface area contributed by atoms with E-state index in [2.05, 4.69) is 19.9 Å². The molecule has 0 spiro atoms. The van der Waals surface area contributed by atoms with Crippen LogP contribution in [-0.4, -0.2) is 26.5 Å². The van der Waals surface area contributed by atoms with Crippen molar-refractivity contribution < 1.29 is 4.74 Å². The van der Waals surface area contributed by atoms with Crippen molar-refractivity contribution in [3.05, 3.63) is 23.4 Å². The zero-order valence-electron chi connectivity index (χ0n) is 9.50. The van der Waals surface area contributed by atoms with Crippen LogP contribution >= 0.6 is 23.4 Å². The summed E-state index contributed by atoms with van der Waals surface area (Å²) < 4.78 is 5.19. The number of anilines is 1. The van der Waals surface area contributed by atoms with Gasteiger partial charge in [-0.3, -0.25) is 0 Å². The van der Waals surface area contributed by atoms with Gasteiger partial charge in [-0.15, -0.1) is 0 Å². The Labute approximate surface area is 113 Å². The predicted octanol–water partition coefficient (Wildman–Crippen LogP) is 2.05. The van der Waals surface area contributed by atoms with Crippen LogP contribution in [0.25, 0.3) is 0 Å². The molecule has 0 atom stereocenters. The zero-order valence-corrected chi connectivity index (χ0v) is 11.1. The van der Waals surface area contributed by atoms with Crippen LogP contribution in [0.5, 0.6) is 6.01 Å². The summed E-state index contributed by atoms with van der Waals surface area (Å²) in [6, 6.07) is 3.72. The molecular formula is C10H10ClN5OS. The highest BCUT2D eigenvalue weighted by molar-refractivity contribution is 7.99. The maximum atomic E-state index is 5.75. The second-order valence-corrected chi connectivity index (χ2v) is 4.53. The summed E-state index contributed by atoms with van der Waals surface area (Å²) in [5, 5.41) is 1.72. The van der Waals surface area contributed by atoms with Crippen molar-refractivity contribution in [3.63, 3.8) is 0 Å². The lowest BCUT2D eigenvalue weighted by molar-refractivity contribution is 0.308. The molecule has 0 aliphatic heterocycles. The standard InChI is InChI=1S/C10H10ClN5OS/c1-2-17-9-14-8(12)15-10(16-9)18-7-4-3-6(11)5-13-7/h3-5H,2H2,1H3,(H2,12,14,15,16). The van der Waals surface area contributed by atoms with E-state index in [9.17, 15) is 0 Å². The van der Waals surface area contributed by atoms with Crippen molar-refractivity contribution in [1.29, 1.82) is 0 Å². The number of aromatic nitrogens is 4. The lowest BCUT2D eigenvalue weighted by Gasteiger charge is -2.04. The maximum absolute atomic E-state index is 5.75. The molecule has 2 rings (SSSR count). The Hall–Kier alpha value is -1.60. The van der Waals surface area contributed by atoms with Gasteiger partial charge in [0.2, 0.25) is 11.1 Å². The van der Waals surface area contributed by atoms with Gasteiger partial charge in [-0.25, -0.2) is 4.98 Å². The van der Waals surface area contributed by atoms with Crippen molar-refractivity contribution in [3.8, 4) is 6.01 Å². The average molecular weight is 284 g/mol. The smallest absolute Gasteiger partial charge is 0.322 e. The largest absolute Gasteiger partial charge is 0.464 e. The van der Waals surface area contributed by atoms with Gasteiger partial charge < -0.3 is 10.5 Å². The third kappa shape index (κ3) is 3.44. The van der Waals surface area contributed by atoms with Gasteiger partial charge in [0.05, 0.1) is 11.6 Å². The summed E-state index contributed by atoms with van der Waals surface area (Å²) in [5.74, 6) is 0.116. The highest BCUT2D eigenvalue weighted by atomic mass is 35.5. The van der Waals surface area contributed by atoms with Crippen LogP contribution in [0.15, 0.2) is 28.5 Å². The van der Waals surface area contributed by atoms with Crippen LogP contribution < -0.4 is 10.5 Å². The highest BCUT2D eigenvalue weighted by Gasteiger charge is 2.07. The fraction of sp³-hybridized carbons (Fsp3) is 0.200. The number of hydrogen-bond donors (Lipinski definition) is 1. The molecule has 0 saturated heterocycles. The lowest BCUT2D eigenvalue weighted by Crippen LogP contribution is -2.04. The molecule has 2 heterocycles. The van der Waals surface area contributed by atoms with Crippen molar-refractivity contribution in [2.45, 2.75) is 17.1 Å². The Kier molecular flexibility index (Phi) is 4.16. The quantitative estimate of drug-likeness (QED) is 0.919. The second kappa shape index (κ2) is 5.83. The minimum absolute atomic E-state index is 0.116. The van der Waals surface area contributed by atoms with Gasteiger partial charge in [-0.2, -0.15) is 15.0 Å². The SMILES string of the molecule is CCOc1nc(N)nc(Sc2ccc(Cl)cn2)n1. The van der Waals surface area contributed by atoms with Gasteiger partial charge >= 0.3 is 6.01 Å². The number of ether oxygens (including phenoxy) is 1. The number of nitrogens with two attached hydrogens (primary N) is 1. The summed E-state index contributed by atoms with van der Waals surface area (Å²) in [5.41, 5.74) is 5.57. The van der Waals surface area contributed by atoms with Gasteiger partial charge in [0.25, 0.3) is 0 Å². The first kappa shape index (κ1) is 12.8. The fourth-order valence-corrected chi connectivity index (χ4v) is 1.91. The van der Waals surface area contributed by atoms with E-state index >= 15 is 0 Å². The molecule has 0 unspecified atom stereocenters. The minimum Gasteiger partial charge on any atom is -0.464 e. The highest BCUT2D eigenvalue weighted by Crippen LogP contribution is 2.24. The van der Waals surface area contributed by atoms with Gasteiger partial charge in [0, 0.05) is 6.20 Å². The Morgan fingerprint density at radius 2 is 2.17 bits per heavy atom. The van der Waals surface area contributed by atoms with Crippen LogP contribution in [0.3, 0.4) is 0 Å². The summed E-state index contributed by atoms with van der Waals surface area (Å²) in [7, 11) is 0. The van der Waals surface area contributed by atoms with Gasteiger partial charge in [-0.1, -0.05) is 11.6 Å². The Morgan fingerprint density at radius 3 is 2.83 bits per heavy atom. The Bertz CT molecular complexity index is 536. The number of pyridine rings is 1. The summed E-state index contributed by atoms with van der Waals surface area (Å²) in [6.07, 6.45) is 1.55. The number of nitrogen functional groups attached to an aromatic ring is 1. The summed E-state index contributed by atoms with van der Waals surface area (Å²) in [6.45, 7) is 2.31. The maximum Gasteiger partial charge on any atom is 0.322 e. The van der Waals surface area contributed by atoms with E-state index in [0.717, 1.165) is 0 Å². The van der Waals surface area contributed by atoms with E-state index in [1.807, 2.05) is 6.92 Å². The summed E-state index contributed by atoms with van der Waals surface area (Å²) >= 11 is 7.01. The molecule has 0 bridgehead atoms. The van der Waals surface area contributed by atoms with Crippen molar-refractivity contribution >= 4 is 29.3 Å². The molecule has 0 aliphatic carbocycles. The van der Waals surface area contributed by atoms with Crippen LogP contribution in [0.1, 0.15) is 6.92 Å². The zero-order chi connectivity index (χ0) is 13.0. The number of hydrogen-bond acceptors (Lipinski definition) is 7. The van der Waals surface area contributed by atoms with E-state index in [1.165, 1.54) is 11.8 Å². The normalized spacial score (nSPS) is 10.3. The van der Waals surface area contributed by atoms with Crippen molar-refractivity contribution in [2.24, 2.45) is 0 Å². The average Bonchev–Trinajstić information content (AvgIpc) is 2.32. The molecular weight excluding hydrogens is 274 g/mol. The van der Waals surface area contributed by atoms with Crippen LogP contribution in [-0.2, 0) is 0 Å². The number of rotatable bonds is 4. The van der Waals surface area contributed by atoms with E-state index in [4.69, 9.17) is 22.1 Å². The predicted molar refractivity (Wildman–Crippen MR) is 68.8 cm³/mol. The summed E-state index contributed by atoms with van der Waals surface area (Å²) in [4.78, 5) is 16.1. The fourth-order valence-electron chi connectivity index (χ4n) is 1.11. The van der Waals surface area contributed by atoms with Gasteiger partial charge in [0.1, 0.15) is 5.03 Å². The first-order chi connectivity index (χ1) is 8.67. The Balaban J connectivity index is 2.20. The second-order valence-electron chi connectivity index (χ2n) is 3.11. The minimum atomic E-state index is 0.116. The van der Waals surface area contributed by atoms with Crippen LogP contribution in [0, 0.1) is 0 Å². The van der Waals surface area contributed by atoms with Crippen LogP contribution in [0.2, 0.25) is 5.02 Å².